The van der Waals surface area contributed by atoms with Crippen LogP contribution < -0.4 is 15.5 Å². The van der Waals surface area contributed by atoms with Crippen LogP contribution in [0.1, 0.15) is 22.3 Å². The Balaban J connectivity index is 1.74. The van der Waals surface area contributed by atoms with Gasteiger partial charge in [-0.3, -0.25) is 0 Å². The highest BCUT2D eigenvalue weighted by atomic mass is 31.1. The Morgan fingerprint density at radius 3 is 1.87 bits per heavy atom. The van der Waals surface area contributed by atoms with Crippen LogP contribution in [0, 0.1) is 0 Å². The van der Waals surface area contributed by atoms with E-state index in [-0.39, 0.29) is 0 Å². The molecule has 1 atom stereocenters. The first-order valence-corrected chi connectivity index (χ1v) is 11.6. The average molecular weight is 426 g/mol. The SMILES string of the molecule is CN(C)c1ccccc1Pc1cc(Cc2ccccc2)cc(Cc2ccccc2)c1O. The van der Waals surface area contributed by atoms with Crippen molar-refractivity contribution >= 4 is 24.9 Å². The lowest BCUT2D eigenvalue weighted by Crippen LogP contribution is -2.18. The first kappa shape index (κ1) is 21.2. The molecule has 2 nitrogen and oxygen atoms in total. The zero-order valence-electron chi connectivity index (χ0n) is 18.0. The van der Waals surface area contributed by atoms with Crippen LogP contribution >= 0.6 is 8.58 Å². The molecule has 0 aromatic heterocycles. The lowest BCUT2D eigenvalue weighted by Gasteiger charge is -2.19. The van der Waals surface area contributed by atoms with Gasteiger partial charge in [-0.05, 0) is 40.8 Å². The molecule has 0 bridgehead atoms. The number of benzene rings is 4. The Morgan fingerprint density at radius 2 is 1.23 bits per heavy atom. The van der Waals surface area contributed by atoms with Crippen molar-refractivity contribution in [3.8, 4) is 5.75 Å². The van der Waals surface area contributed by atoms with Gasteiger partial charge in [0, 0.05) is 36.8 Å². The van der Waals surface area contributed by atoms with E-state index in [4.69, 9.17) is 0 Å². The summed E-state index contributed by atoms with van der Waals surface area (Å²) >= 11 is 0. The maximum atomic E-state index is 11.2. The van der Waals surface area contributed by atoms with Gasteiger partial charge in [0.05, 0.1) is 0 Å². The lowest BCUT2D eigenvalue weighted by molar-refractivity contribution is 0.474. The van der Waals surface area contributed by atoms with Crippen LogP contribution in [0.2, 0.25) is 0 Å². The summed E-state index contributed by atoms with van der Waals surface area (Å²) in [6.45, 7) is 0. The third kappa shape index (κ3) is 5.34. The first-order valence-electron chi connectivity index (χ1n) is 10.6. The molecule has 156 valence electrons. The molecule has 0 aliphatic heterocycles. The Kier molecular flexibility index (Phi) is 6.70. The van der Waals surface area contributed by atoms with Gasteiger partial charge in [0.15, 0.2) is 0 Å². The second kappa shape index (κ2) is 9.81. The molecule has 0 amide bonds. The zero-order chi connectivity index (χ0) is 21.6. The molecule has 1 unspecified atom stereocenters. The van der Waals surface area contributed by atoms with E-state index in [0.29, 0.717) is 14.3 Å². The molecule has 0 heterocycles. The van der Waals surface area contributed by atoms with Gasteiger partial charge in [-0.25, -0.2) is 0 Å². The minimum atomic E-state index is 0.390. The topological polar surface area (TPSA) is 23.5 Å². The zero-order valence-corrected chi connectivity index (χ0v) is 19.0. The molecule has 0 aliphatic carbocycles. The molecule has 0 spiro atoms. The fourth-order valence-electron chi connectivity index (χ4n) is 3.85. The Labute approximate surface area is 187 Å². The summed E-state index contributed by atoms with van der Waals surface area (Å²) in [4.78, 5) is 2.14. The molecule has 31 heavy (non-hydrogen) atoms. The smallest absolute Gasteiger partial charge is 0.126 e. The normalized spacial score (nSPS) is 11.2. The van der Waals surface area contributed by atoms with Crippen LogP contribution in [0.3, 0.4) is 0 Å². The minimum absolute atomic E-state index is 0.390. The van der Waals surface area contributed by atoms with Crippen LogP contribution in [-0.4, -0.2) is 19.2 Å². The molecule has 3 heteroatoms. The molecule has 0 saturated carbocycles. The molecular weight excluding hydrogens is 397 g/mol. The maximum Gasteiger partial charge on any atom is 0.126 e. The van der Waals surface area contributed by atoms with Crippen molar-refractivity contribution in [3.63, 3.8) is 0 Å². The number of para-hydroxylation sites is 1. The highest BCUT2D eigenvalue weighted by Crippen LogP contribution is 2.29. The maximum absolute atomic E-state index is 11.2. The second-order valence-corrected chi connectivity index (χ2v) is 9.34. The fraction of sp³-hybridized carbons (Fsp3) is 0.143. The van der Waals surface area contributed by atoms with E-state index in [1.54, 1.807) is 0 Å². The van der Waals surface area contributed by atoms with E-state index in [9.17, 15) is 5.11 Å². The van der Waals surface area contributed by atoms with E-state index in [0.717, 1.165) is 23.7 Å². The van der Waals surface area contributed by atoms with Gasteiger partial charge in [-0.2, -0.15) is 0 Å². The Hall–Kier alpha value is -3.09. The van der Waals surface area contributed by atoms with Crippen molar-refractivity contribution in [2.45, 2.75) is 12.8 Å². The fourth-order valence-corrected chi connectivity index (χ4v) is 5.30. The van der Waals surface area contributed by atoms with Crippen molar-refractivity contribution in [3.05, 3.63) is 119 Å². The predicted octanol–water partition coefficient (Wildman–Crippen LogP) is 5.27. The van der Waals surface area contributed by atoms with Crippen LogP contribution in [-0.2, 0) is 12.8 Å². The monoisotopic (exact) mass is 425 g/mol. The summed E-state index contributed by atoms with van der Waals surface area (Å²) in [5.41, 5.74) is 5.90. The number of phenolic OH excluding ortho intramolecular Hbond substituents is 1. The number of hydrogen-bond acceptors (Lipinski definition) is 2. The van der Waals surface area contributed by atoms with E-state index in [2.05, 4.69) is 104 Å². The number of nitrogens with zero attached hydrogens (tertiary/aromatic N) is 1. The van der Waals surface area contributed by atoms with Gasteiger partial charge < -0.3 is 10.0 Å². The summed E-state index contributed by atoms with van der Waals surface area (Å²) in [5, 5.41) is 13.5. The number of phenols is 1. The number of rotatable bonds is 7. The second-order valence-electron chi connectivity index (χ2n) is 8.01. The van der Waals surface area contributed by atoms with E-state index < -0.39 is 0 Å². The minimum Gasteiger partial charge on any atom is -0.507 e. The third-order valence-electron chi connectivity index (χ3n) is 5.39. The Bertz CT molecular complexity index is 1140. The molecule has 1 N–H and O–H groups in total. The molecule has 0 radical (unpaired) electrons. The van der Waals surface area contributed by atoms with Gasteiger partial charge in [0.1, 0.15) is 5.75 Å². The lowest BCUT2D eigenvalue weighted by atomic mass is 9.98. The molecule has 4 rings (SSSR count). The van der Waals surface area contributed by atoms with E-state index in [1.807, 2.05) is 12.1 Å². The summed E-state index contributed by atoms with van der Waals surface area (Å²) in [7, 11) is 4.52. The van der Waals surface area contributed by atoms with Crippen molar-refractivity contribution in [2.75, 3.05) is 19.0 Å². The molecular formula is C28H28NOP. The highest BCUT2D eigenvalue weighted by Gasteiger charge is 2.14. The quantitative estimate of drug-likeness (QED) is 0.408. The average Bonchev–Trinajstić information content (AvgIpc) is 2.78. The van der Waals surface area contributed by atoms with Crippen LogP contribution in [0.4, 0.5) is 5.69 Å². The van der Waals surface area contributed by atoms with Gasteiger partial charge >= 0.3 is 0 Å². The highest BCUT2D eigenvalue weighted by molar-refractivity contribution is 7.56. The standard InChI is InChI=1S/C28H28NOP/c1-29(2)25-15-9-10-16-26(25)31-27-20-23(17-21-11-5-3-6-12-21)19-24(28(27)30)18-22-13-7-4-8-14-22/h3-16,19-20,30-31H,17-18H2,1-2H3. The summed E-state index contributed by atoms with van der Waals surface area (Å²) in [5.74, 6) is 0.424. The molecule has 4 aromatic rings. The third-order valence-corrected chi connectivity index (χ3v) is 6.73. The summed E-state index contributed by atoms with van der Waals surface area (Å²) in [6.07, 6.45) is 1.58. The van der Waals surface area contributed by atoms with Crippen molar-refractivity contribution in [1.82, 2.24) is 0 Å². The van der Waals surface area contributed by atoms with Crippen LogP contribution in [0.15, 0.2) is 97.1 Å². The Morgan fingerprint density at radius 1 is 0.645 bits per heavy atom. The molecule has 0 aliphatic rings. The molecule has 0 fully saturated rings. The van der Waals surface area contributed by atoms with Gasteiger partial charge in [0.2, 0.25) is 0 Å². The van der Waals surface area contributed by atoms with Gasteiger partial charge in [0.25, 0.3) is 0 Å². The number of aromatic hydroxyl groups is 1. The van der Waals surface area contributed by atoms with Crippen molar-refractivity contribution < 1.29 is 5.11 Å². The van der Waals surface area contributed by atoms with Crippen molar-refractivity contribution in [1.29, 1.82) is 0 Å². The van der Waals surface area contributed by atoms with E-state index >= 15 is 0 Å². The van der Waals surface area contributed by atoms with Crippen LogP contribution in [0.25, 0.3) is 0 Å². The summed E-state index contributed by atoms with van der Waals surface area (Å²) in [6, 6.07) is 33.7. The van der Waals surface area contributed by atoms with E-state index in [1.165, 1.54) is 27.7 Å². The molecule has 0 saturated heterocycles. The van der Waals surface area contributed by atoms with Gasteiger partial charge in [-0.1, -0.05) is 93.5 Å². The van der Waals surface area contributed by atoms with Crippen LogP contribution in [0.5, 0.6) is 5.75 Å². The van der Waals surface area contributed by atoms with Crippen molar-refractivity contribution in [2.24, 2.45) is 0 Å². The van der Waals surface area contributed by atoms with Gasteiger partial charge in [-0.15, -0.1) is 0 Å². The summed E-state index contributed by atoms with van der Waals surface area (Å²) < 4.78 is 0. The largest absolute Gasteiger partial charge is 0.507 e. The first-order chi connectivity index (χ1) is 15.1. The number of hydrogen-bond donors (Lipinski definition) is 1. The molecule has 4 aromatic carbocycles. The predicted molar refractivity (Wildman–Crippen MR) is 135 cm³/mol. The number of anilines is 1.